The predicted molar refractivity (Wildman–Crippen MR) is 97.5 cm³/mol. The zero-order valence-corrected chi connectivity index (χ0v) is 15.4. The Kier molecular flexibility index (Phi) is 5.09. The molecule has 0 bridgehead atoms. The van der Waals surface area contributed by atoms with Gasteiger partial charge in [-0.05, 0) is 51.7 Å². The Balaban J connectivity index is 1.76. The van der Waals surface area contributed by atoms with Gasteiger partial charge in [-0.25, -0.2) is 4.98 Å². The number of aromatic nitrogens is 1. The largest absolute Gasteiger partial charge is 0.362 e. The van der Waals surface area contributed by atoms with Crippen LogP contribution >= 0.6 is 0 Å². The highest BCUT2D eigenvalue weighted by molar-refractivity contribution is 5.98. The fraction of sp³-hybridized carbons (Fsp3) is 0.684. The maximum Gasteiger partial charge on any atom is 0.257 e. The summed E-state index contributed by atoms with van der Waals surface area (Å²) in [5, 5.41) is 0. The van der Waals surface area contributed by atoms with E-state index in [0.717, 1.165) is 25.3 Å². The molecule has 0 saturated carbocycles. The summed E-state index contributed by atoms with van der Waals surface area (Å²) in [7, 11) is 3.87. The maximum absolute atomic E-state index is 13.1. The van der Waals surface area contributed by atoms with Crippen molar-refractivity contribution in [2.75, 3.05) is 32.1 Å². The van der Waals surface area contributed by atoms with Gasteiger partial charge < -0.3 is 9.80 Å². The summed E-state index contributed by atoms with van der Waals surface area (Å²) in [6, 6.07) is 5.52. The average molecular weight is 330 g/mol. The second-order valence-electron chi connectivity index (χ2n) is 7.54. The number of hydrogen-bond acceptors (Lipinski definition) is 4. The summed E-state index contributed by atoms with van der Waals surface area (Å²) < 4.78 is 0. The fourth-order valence-corrected chi connectivity index (χ4v) is 4.41. The molecule has 3 heterocycles. The molecule has 1 amide bonds. The Morgan fingerprint density at radius 1 is 1.21 bits per heavy atom. The molecule has 2 aliphatic rings. The number of likely N-dealkylation sites (tertiary alicyclic amines) is 2. The van der Waals surface area contributed by atoms with E-state index in [2.05, 4.69) is 23.7 Å². The van der Waals surface area contributed by atoms with Crippen molar-refractivity contribution in [1.29, 1.82) is 0 Å². The number of amides is 1. The normalized spacial score (nSPS) is 28.2. The Hall–Kier alpha value is -1.62. The van der Waals surface area contributed by atoms with Crippen LogP contribution in [-0.4, -0.2) is 66.0 Å². The average Bonchev–Trinajstić information content (AvgIpc) is 2.93. The third-order valence-corrected chi connectivity index (χ3v) is 5.57. The smallest absolute Gasteiger partial charge is 0.257 e. The lowest BCUT2D eigenvalue weighted by atomic mass is 10.0. The number of anilines is 1. The number of rotatable bonds is 3. The number of nitrogens with zero attached hydrogens (tertiary/aromatic N) is 4. The summed E-state index contributed by atoms with van der Waals surface area (Å²) >= 11 is 0. The molecule has 24 heavy (non-hydrogen) atoms. The highest BCUT2D eigenvalue weighted by Gasteiger charge is 2.36. The SMILES string of the molecule is C[C@@H]1CC[C@@H](C)N1[C@@H]1CCCN(C(=O)c2cccnc2N(C)C)C1. The Morgan fingerprint density at radius 3 is 2.58 bits per heavy atom. The van der Waals surface area contributed by atoms with E-state index in [0.29, 0.717) is 23.7 Å². The van der Waals surface area contributed by atoms with E-state index in [1.807, 2.05) is 36.0 Å². The second kappa shape index (κ2) is 7.09. The van der Waals surface area contributed by atoms with Crippen LogP contribution in [0.4, 0.5) is 5.82 Å². The van der Waals surface area contributed by atoms with Crippen LogP contribution < -0.4 is 4.90 Å². The molecular weight excluding hydrogens is 300 g/mol. The molecular formula is C19H30N4O. The van der Waals surface area contributed by atoms with Crippen LogP contribution in [-0.2, 0) is 0 Å². The van der Waals surface area contributed by atoms with Crippen molar-refractivity contribution in [3.05, 3.63) is 23.9 Å². The van der Waals surface area contributed by atoms with Crippen LogP contribution in [0.5, 0.6) is 0 Å². The van der Waals surface area contributed by atoms with Crippen molar-refractivity contribution in [3.63, 3.8) is 0 Å². The minimum absolute atomic E-state index is 0.121. The molecule has 3 atom stereocenters. The minimum atomic E-state index is 0.121. The Labute approximate surface area is 145 Å². The van der Waals surface area contributed by atoms with Gasteiger partial charge in [0, 0.05) is 51.5 Å². The summed E-state index contributed by atoms with van der Waals surface area (Å²) in [4.78, 5) is 24.1. The lowest BCUT2D eigenvalue weighted by Gasteiger charge is -2.41. The molecule has 1 aromatic heterocycles. The highest BCUT2D eigenvalue weighted by Crippen LogP contribution is 2.30. The summed E-state index contributed by atoms with van der Waals surface area (Å²) in [6.45, 7) is 6.36. The van der Waals surface area contributed by atoms with E-state index in [4.69, 9.17) is 0 Å². The Morgan fingerprint density at radius 2 is 1.92 bits per heavy atom. The van der Waals surface area contributed by atoms with Gasteiger partial charge in [0.2, 0.25) is 0 Å². The van der Waals surface area contributed by atoms with Crippen molar-refractivity contribution >= 4 is 11.7 Å². The molecule has 1 aromatic rings. The van der Waals surface area contributed by atoms with Gasteiger partial charge in [-0.15, -0.1) is 0 Å². The number of pyridine rings is 1. The van der Waals surface area contributed by atoms with Gasteiger partial charge in [-0.2, -0.15) is 0 Å². The molecule has 5 heteroatoms. The van der Waals surface area contributed by atoms with Gasteiger partial charge in [-0.3, -0.25) is 9.69 Å². The number of hydrogen-bond donors (Lipinski definition) is 0. The van der Waals surface area contributed by atoms with Crippen molar-refractivity contribution in [3.8, 4) is 0 Å². The molecule has 3 rings (SSSR count). The summed E-state index contributed by atoms with van der Waals surface area (Å²) in [5.74, 6) is 0.878. The van der Waals surface area contributed by atoms with E-state index in [1.54, 1.807) is 6.20 Å². The van der Waals surface area contributed by atoms with E-state index < -0.39 is 0 Å². The standard InChI is InChI=1S/C19H30N4O/c1-14-9-10-15(2)23(14)16-7-6-12-22(13-16)19(24)17-8-5-11-20-18(17)21(3)4/h5,8,11,14-16H,6-7,9-10,12-13H2,1-4H3/t14-,15-,16-/m1/s1. The quantitative estimate of drug-likeness (QED) is 0.854. The monoisotopic (exact) mass is 330 g/mol. The zero-order chi connectivity index (χ0) is 17.3. The van der Waals surface area contributed by atoms with Crippen LogP contribution in [0.25, 0.3) is 0 Å². The Bertz CT molecular complexity index is 578. The molecule has 0 radical (unpaired) electrons. The van der Waals surface area contributed by atoms with Gasteiger partial charge in [0.15, 0.2) is 0 Å². The van der Waals surface area contributed by atoms with Crippen molar-refractivity contribution in [2.24, 2.45) is 0 Å². The van der Waals surface area contributed by atoms with Crippen LogP contribution in [0.1, 0.15) is 49.9 Å². The van der Waals surface area contributed by atoms with Crippen molar-refractivity contribution in [2.45, 2.75) is 57.7 Å². The second-order valence-corrected chi connectivity index (χ2v) is 7.54. The van der Waals surface area contributed by atoms with Crippen molar-refractivity contribution < 1.29 is 4.79 Å². The first kappa shape index (κ1) is 17.2. The number of carbonyl (C=O) groups excluding carboxylic acids is 1. The third-order valence-electron chi connectivity index (χ3n) is 5.57. The van der Waals surface area contributed by atoms with Crippen LogP contribution in [0.3, 0.4) is 0 Å². The van der Waals surface area contributed by atoms with E-state index in [-0.39, 0.29) is 5.91 Å². The molecule has 5 nitrogen and oxygen atoms in total. The van der Waals surface area contributed by atoms with Gasteiger partial charge in [0.25, 0.3) is 5.91 Å². The lowest BCUT2D eigenvalue weighted by Crippen LogP contribution is -2.52. The molecule has 2 saturated heterocycles. The topological polar surface area (TPSA) is 39.7 Å². The van der Waals surface area contributed by atoms with Gasteiger partial charge in [0.05, 0.1) is 5.56 Å². The number of piperidine rings is 1. The number of carbonyl (C=O) groups is 1. The maximum atomic E-state index is 13.1. The van der Waals surface area contributed by atoms with Gasteiger partial charge in [-0.1, -0.05) is 0 Å². The molecule has 0 aliphatic carbocycles. The van der Waals surface area contributed by atoms with E-state index in [1.165, 1.54) is 19.3 Å². The van der Waals surface area contributed by atoms with Crippen LogP contribution in [0, 0.1) is 0 Å². The third kappa shape index (κ3) is 3.27. The first-order chi connectivity index (χ1) is 11.5. The highest BCUT2D eigenvalue weighted by atomic mass is 16.2. The molecule has 2 aliphatic heterocycles. The predicted octanol–water partition coefficient (Wildman–Crippen LogP) is 2.63. The molecule has 132 valence electrons. The molecule has 2 fully saturated rings. The first-order valence-corrected chi connectivity index (χ1v) is 9.18. The lowest BCUT2D eigenvalue weighted by molar-refractivity contribution is 0.0487. The first-order valence-electron chi connectivity index (χ1n) is 9.18. The van der Waals surface area contributed by atoms with Crippen LogP contribution in [0.2, 0.25) is 0 Å². The van der Waals surface area contributed by atoms with E-state index in [9.17, 15) is 4.79 Å². The molecule has 0 aromatic carbocycles. The zero-order valence-electron chi connectivity index (χ0n) is 15.4. The van der Waals surface area contributed by atoms with E-state index >= 15 is 0 Å². The summed E-state index contributed by atoms with van der Waals surface area (Å²) in [6.07, 6.45) is 6.59. The van der Waals surface area contributed by atoms with Gasteiger partial charge in [0.1, 0.15) is 5.82 Å². The van der Waals surface area contributed by atoms with Crippen LogP contribution in [0.15, 0.2) is 18.3 Å². The summed E-state index contributed by atoms with van der Waals surface area (Å²) in [5.41, 5.74) is 0.714. The molecule has 0 unspecified atom stereocenters. The molecule has 0 N–H and O–H groups in total. The minimum Gasteiger partial charge on any atom is -0.362 e. The van der Waals surface area contributed by atoms with Gasteiger partial charge >= 0.3 is 0 Å². The fourth-order valence-electron chi connectivity index (χ4n) is 4.41. The van der Waals surface area contributed by atoms with Crippen molar-refractivity contribution in [1.82, 2.24) is 14.8 Å². The molecule has 0 spiro atoms.